The fraction of sp³-hybridized carbons (Fsp3) is 0.714. The van der Waals surface area contributed by atoms with Crippen molar-refractivity contribution < 1.29 is 14.7 Å². The average Bonchev–Trinajstić information content (AvgIpc) is 1.85. The maximum Gasteiger partial charge on any atom is 0.310 e. The van der Waals surface area contributed by atoms with Gasteiger partial charge in [0.25, 0.3) is 0 Å². The SMILES string of the molecule is CC(CCl)CC(=O)CC(=O)O. The minimum absolute atomic E-state index is 0.0727. The van der Waals surface area contributed by atoms with E-state index in [0.717, 1.165) is 0 Å². The van der Waals surface area contributed by atoms with Crippen molar-refractivity contribution in [3.05, 3.63) is 0 Å². The zero-order chi connectivity index (χ0) is 8.85. The minimum Gasteiger partial charge on any atom is -0.481 e. The van der Waals surface area contributed by atoms with Gasteiger partial charge in [0, 0.05) is 12.3 Å². The Hall–Kier alpha value is -0.570. The second-order valence-corrected chi connectivity index (χ2v) is 2.88. The molecule has 0 amide bonds. The maximum absolute atomic E-state index is 10.8. The maximum atomic E-state index is 10.8. The van der Waals surface area contributed by atoms with Crippen LogP contribution in [0, 0.1) is 5.92 Å². The van der Waals surface area contributed by atoms with Gasteiger partial charge in [-0.05, 0) is 5.92 Å². The fourth-order valence-electron chi connectivity index (χ4n) is 0.684. The lowest BCUT2D eigenvalue weighted by Crippen LogP contribution is -2.11. The molecular weight excluding hydrogens is 168 g/mol. The molecule has 1 N–H and O–H groups in total. The zero-order valence-corrected chi connectivity index (χ0v) is 7.10. The van der Waals surface area contributed by atoms with E-state index in [1.807, 2.05) is 6.92 Å². The summed E-state index contributed by atoms with van der Waals surface area (Å²) in [5, 5.41) is 8.22. The standard InChI is InChI=1S/C7H11ClO3/c1-5(4-8)2-6(9)3-7(10)11/h5H,2-4H2,1H3,(H,10,11). The molecule has 0 bridgehead atoms. The molecule has 11 heavy (non-hydrogen) atoms. The lowest BCUT2D eigenvalue weighted by molar-refractivity contribution is -0.140. The first-order valence-electron chi connectivity index (χ1n) is 3.35. The third kappa shape index (κ3) is 5.85. The van der Waals surface area contributed by atoms with Crippen LogP contribution in [0.4, 0.5) is 0 Å². The van der Waals surface area contributed by atoms with Gasteiger partial charge in [0.2, 0.25) is 0 Å². The Morgan fingerprint density at radius 2 is 2.09 bits per heavy atom. The van der Waals surface area contributed by atoms with Crippen LogP contribution in [0.5, 0.6) is 0 Å². The highest BCUT2D eigenvalue weighted by atomic mass is 35.5. The van der Waals surface area contributed by atoms with Crippen molar-refractivity contribution >= 4 is 23.4 Å². The number of carbonyl (C=O) groups excluding carboxylic acids is 1. The van der Waals surface area contributed by atoms with Crippen LogP contribution in [-0.4, -0.2) is 22.7 Å². The highest BCUT2D eigenvalue weighted by Crippen LogP contribution is 2.05. The van der Waals surface area contributed by atoms with Crippen molar-refractivity contribution in [1.82, 2.24) is 0 Å². The summed E-state index contributed by atoms with van der Waals surface area (Å²) >= 11 is 5.43. The van der Waals surface area contributed by atoms with E-state index in [2.05, 4.69) is 0 Å². The molecule has 0 fully saturated rings. The van der Waals surface area contributed by atoms with Crippen molar-refractivity contribution in [2.45, 2.75) is 19.8 Å². The average molecular weight is 179 g/mol. The number of halogens is 1. The van der Waals surface area contributed by atoms with E-state index in [1.165, 1.54) is 0 Å². The van der Waals surface area contributed by atoms with Crippen LogP contribution in [0.25, 0.3) is 0 Å². The van der Waals surface area contributed by atoms with Gasteiger partial charge in [-0.3, -0.25) is 9.59 Å². The summed E-state index contributed by atoms with van der Waals surface area (Å²) in [5.74, 6) is -0.864. The molecule has 0 spiro atoms. The first-order valence-corrected chi connectivity index (χ1v) is 3.89. The highest BCUT2D eigenvalue weighted by molar-refractivity contribution is 6.18. The summed E-state index contributed by atoms with van der Waals surface area (Å²) in [6, 6.07) is 0. The van der Waals surface area contributed by atoms with Crippen LogP contribution in [0.2, 0.25) is 0 Å². The summed E-state index contributed by atoms with van der Waals surface area (Å²) in [4.78, 5) is 20.8. The van der Waals surface area contributed by atoms with E-state index in [9.17, 15) is 9.59 Å². The number of alkyl halides is 1. The number of carbonyl (C=O) groups is 2. The first-order chi connectivity index (χ1) is 5.06. The predicted octanol–water partition coefficient (Wildman–Crippen LogP) is 1.30. The normalized spacial score (nSPS) is 12.5. The Kier molecular flexibility index (Phi) is 4.86. The molecule has 64 valence electrons. The van der Waals surface area contributed by atoms with Gasteiger partial charge < -0.3 is 5.11 Å². The Balaban J connectivity index is 3.60. The van der Waals surface area contributed by atoms with Gasteiger partial charge in [-0.25, -0.2) is 0 Å². The smallest absolute Gasteiger partial charge is 0.310 e. The lowest BCUT2D eigenvalue weighted by atomic mass is 10.1. The zero-order valence-electron chi connectivity index (χ0n) is 6.34. The molecule has 0 aromatic carbocycles. The van der Waals surface area contributed by atoms with Crippen molar-refractivity contribution in [3.8, 4) is 0 Å². The summed E-state index contributed by atoms with van der Waals surface area (Å²) in [7, 11) is 0. The summed E-state index contributed by atoms with van der Waals surface area (Å²) in [5.41, 5.74) is 0. The van der Waals surface area contributed by atoms with Crippen molar-refractivity contribution in [1.29, 1.82) is 0 Å². The molecule has 0 heterocycles. The number of carboxylic acids is 1. The second kappa shape index (κ2) is 5.13. The van der Waals surface area contributed by atoms with Crippen LogP contribution in [0.3, 0.4) is 0 Å². The third-order valence-electron chi connectivity index (χ3n) is 1.19. The quantitative estimate of drug-likeness (QED) is 0.510. The Bertz CT molecular complexity index is 156. The molecule has 0 saturated carbocycles. The molecule has 4 heteroatoms. The number of carboxylic acid groups (broad SMARTS) is 1. The fourth-order valence-corrected chi connectivity index (χ4v) is 0.793. The number of hydrogen-bond acceptors (Lipinski definition) is 2. The van der Waals surface area contributed by atoms with Gasteiger partial charge in [0.05, 0.1) is 0 Å². The topological polar surface area (TPSA) is 54.4 Å². The van der Waals surface area contributed by atoms with Crippen LogP contribution < -0.4 is 0 Å². The van der Waals surface area contributed by atoms with Crippen molar-refractivity contribution in [2.75, 3.05) is 5.88 Å². The molecule has 0 aromatic heterocycles. The second-order valence-electron chi connectivity index (χ2n) is 2.57. The van der Waals surface area contributed by atoms with Crippen molar-refractivity contribution in [2.24, 2.45) is 5.92 Å². The molecule has 0 aliphatic rings. The van der Waals surface area contributed by atoms with Gasteiger partial charge >= 0.3 is 5.97 Å². The van der Waals surface area contributed by atoms with E-state index >= 15 is 0 Å². The largest absolute Gasteiger partial charge is 0.481 e. The first kappa shape index (κ1) is 10.4. The Morgan fingerprint density at radius 1 is 1.55 bits per heavy atom. The molecular formula is C7H11ClO3. The van der Waals surface area contributed by atoms with E-state index in [-0.39, 0.29) is 24.5 Å². The van der Waals surface area contributed by atoms with Crippen LogP contribution in [-0.2, 0) is 9.59 Å². The van der Waals surface area contributed by atoms with Crippen LogP contribution >= 0.6 is 11.6 Å². The molecule has 0 rings (SSSR count). The number of aliphatic carboxylic acids is 1. The molecule has 1 atom stereocenters. The Labute approximate surface area is 70.3 Å². The molecule has 1 unspecified atom stereocenters. The molecule has 3 nitrogen and oxygen atoms in total. The van der Waals surface area contributed by atoms with Gasteiger partial charge in [-0.2, -0.15) is 0 Å². The van der Waals surface area contributed by atoms with Crippen LogP contribution in [0.15, 0.2) is 0 Å². The Morgan fingerprint density at radius 3 is 2.45 bits per heavy atom. The van der Waals surface area contributed by atoms with Gasteiger partial charge in [-0.1, -0.05) is 6.92 Å². The highest BCUT2D eigenvalue weighted by Gasteiger charge is 2.11. The van der Waals surface area contributed by atoms with E-state index in [4.69, 9.17) is 16.7 Å². The number of ketones is 1. The molecule has 0 saturated heterocycles. The molecule has 0 aromatic rings. The minimum atomic E-state index is -1.07. The summed E-state index contributed by atoms with van der Waals surface area (Å²) in [6.07, 6.45) is -0.128. The molecule has 0 aliphatic heterocycles. The summed E-state index contributed by atoms with van der Waals surface area (Å²) < 4.78 is 0. The van der Waals surface area contributed by atoms with E-state index in [0.29, 0.717) is 5.88 Å². The molecule has 0 aliphatic carbocycles. The van der Waals surface area contributed by atoms with E-state index < -0.39 is 5.97 Å². The van der Waals surface area contributed by atoms with E-state index in [1.54, 1.807) is 0 Å². The number of Topliss-reactive ketones (excluding diaryl/α,β-unsaturated/α-hetero) is 1. The van der Waals surface area contributed by atoms with Crippen LogP contribution in [0.1, 0.15) is 19.8 Å². The monoisotopic (exact) mass is 178 g/mol. The lowest BCUT2D eigenvalue weighted by Gasteiger charge is -2.03. The third-order valence-corrected chi connectivity index (χ3v) is 1.71. The van der Waals surface area contributed by atoms with Crippen molar-refractivity contribution in [3.63, 3.8) is 0 Å². The number of rotatable bonds is 5. The van der Waals surface area contributed by atoms with Gasteiger partial charge in [-0.15, -0.1) is 11.6 Å². The van der Waals surface area contributed by atoms with Gasteiger partial charge in [0.15, 0.2) is 0 Å². The molecule has 0 radical (unpaired) electrons. The number of hydrogen-bond donors (Lipinski definition) is 1. The predicted molar refractivity (Wildman–Crippen MR) is 41.8 cm³/mol. The summed E-state index contributed by atoms with van der Waals surface area (Å²) in [6.45, 7) is 1.81. The van der Waals surface area contributed by atoms with Gasteiger partial charge in [0.1, 0.15) is 12.2 Å².